The minimum absolute atomic E-state index is 0.620. The lowest BCUT2D eigenvalue weighted by Crippen LogP contribution is -2.01. The van der Waals surface area contributed by atoms with Crippen molar-refractivity contribution in [1.82, 2.24) is 0 Å². The van der Waals surface area contributed by atoms with Crippen molar-refractivity contribution in [3.63, 3.8) is 0 Å². The van der Waals surface area contributed by atoms with E-state index in [9.17, 15) is 0 Å². The van der Waals surface area contributed by atoms with Crippen LogP contribution in [0.25, 0.3) is 0 Å². The van der Waals surface area contributed by atoms with E-state index in [-0.39, 0.29) is 0 Å². The summed E-state index contributed by atoms with van der Waals surface area (Å²) in [5.41, 5.74) is 1.11. The zero-order valence-electron chi connectivity index (χ0n) is 10.8. The number of halogens is 2. The lowest BCUT2D eigenvalue weighted by atomic mass is 10.2. The molecule has 0 aromatic heterocycles. The molecule has 0 amide bonds. The van der Waals surface area contributed by atoms with Gasteiger partial charge in [0.2, 0.25) is 0 Å². The van der Waals surface area contributed by atoms with Gasteiger partial charge in [0.15, 0.2) is 0 Å². The fraction of sp³-hybridized carbons (Fsp3) is 0.538. The molecule has 0 spiro atoms. The molecule has 1 aromatic rings. The van der Waals surface area contributed by atoms with Crippen molar-refractivity contribution in [2.75, 3.05) is 20.3 Å². The Balaban J connectivity index is 0.00000121. The summed E-state index contributed by atoms with van der Waals surface area (Å²) in [5.74, 6) is 0.730. The second-order valence-electron chi connectivity index (χ2n) is 3.23. The first-order valence-electron chi connectivity index (χ1n) is 5.72. The molecular weight excluding hydrogens is 303 g/mol. The molecule has 98 valence electrons. The molecule has 17 heavy (non-hydrogen) atoms. The number of benzene rings is 1. The summed E-state index contributed by atoms with van der Waals surface area (Å²) in [5, 5.41) is 0.630. The highest BCUT2D eigenvalue weighted by molar-refractivity contribution is 9.10. The Hall–Kier alpha value is -0.250. The van der Waals surface area contributed by atoms with Gasteiger partial charge in [-0.25, -0.2) is 0 Å². The highest BCUT2D eigenvalue weighted by Crippen LogP contribution is 2.30. The SMILES string of the molecule is CC.COCCCOc1cc(C)c(Br)cc1Cl. The van der Waals surface area contributed by atoms with Gasteiger partial charge < -0.3 is 9.47 Å². The molecular formula is C13H20BrClO2. The van der Waals surface area contributed by atoms with Gasteiger partial charge in [-0.2, -0.15) is 0 Å². The van der Waals surface area contributed by atoms with Crippen molar-refractivity contribution >= 4 is 27.5 Å². The van der Waals surface area contributed by atoms with Gasteiger partial charge in [0.1, 0.15) is 5.75 Å². The van der Waals surface area contributed by atoms with Crippen molar-refractivity contribution in [3.05, 3.63) is 27.2 Å². The summed E-state index contributed by atoms with van der Waals surface area (Å²) in [4.78, 5) is 0. The number of rotatable bonds is 5. The van der Waals surface area contributed by atoms with Crippen LogP contribution in [0.1, 0.15) is 25.8 Å². The van der Waals surface area contributed by atoms with E-state index in [0.717, 1.165) is 22.2 Å². The second kappa shape index (κ2) is 9.75. The molecule has 0 unspecified atom stereocenters. The van der Waals surface area contributed by atoms with Crippen LogP contribution in [0.3, 0.4) is 0 Å². The first kappa shape index (κ1) is 16.8. The van der Waals surface area contributed by atoms with E-state index in [1.165, 1.54) is 0 Å². The smallest absolute Gasteiger partial charge is 0.138 e. The van der Waals surface area contributed by atoms with Crippen LogP contribution in [0.2, 0.25) is 5.02 Å². The molecule has 0 saturated heterocycles. The predicted octanol–water partition coefficient (Wildman–Crippen LogP) is 4.85. The van der Waals surface area contributed by atoms with Gasteiger partial charge >= 0.3 is 0 Å². The van der Waals surface area contributed by atoms with Gasteiger partial charge in [-0.15, -0.1) is 0 Å². The van der Waals surface area contributed by atoms with Crippen LogP contribution in [0.4, 0.5) is 0 Å². The Morgan fingerprint density at radius 3 is 2.47 bits per heavy atom. The maximum Gasteiger partial charge on any atom is 0.138 e. The Kier molecular flexibility index (Phi) is 9.60. The molecule has 0 radical (unpaired) electrons. The maximum absolute atomic E-state index is 6.03. The summed E-state index contributed by atoms with van der Waals surface area (Å²) in [6, 6.07) is 3.78. The molecule has 0 fully saturated rings. The number of hydrogen-bond donors (Lipinski definition) is 0. The third kappa shape index (κ3) is 6.29. The number of ether oxygens (including phenoxy) is 2. The van der Waals surface area contributed by atoms with Crippen LogP contribution in [0.5, 0.6) is 5.75 Å². The molecule has 0 aliphatic carbocycles. The topological polar surface area (TPSA) is 18.5 Å². The van der Waals surface area contributed by atoms with Gasteiger partial charge in [0.25, 0.3) is 0 Å². The Labute approximate surface area is 117 Å². The molecule has 1 rings (SSSR count). The first-order chi connectivity index (χ1) is 8.15. The minimum Gasteiger partial charge on any atom is -0.492 e. The van der Waals surface area contributed by atoms with E-state index < -0.39 is 0 Å². The molecule has 0 saturated carbocycles. The molecule has 0 bridgehead atoms. The average Bonchev–Trinajstić information content (AvgIpc) is 2.33. The molecule has 0 aliphatic heterocycles. The fourth-order valence-corrected chi connectivity index (χ4v) is 1.82. The molecule has 1 aromatic carbocycles. The third-order valence-electron chi connectivity index (χ3n) is 1.96. The van der Waals surface area contributed by atoms with Gasteiger partial charge in [-0.05, 0) is 24.6 Å². The average molecular weight is 324 g/mol. The van der Waals surface area contributed by atoms with Crippen molar-refractivity contribution < 1.29 is 9.47 Å². The van der Waals surface area contributed by atoms with Crippen LogP contribution in [-0.4, -0.2) is 20.3 Å². The third-order valence-corrected chi connectivity index (χ3v) is 3.11. The summed E-state index contributed by atoms with van der Waals surface area (Å²) in [6.45, 7) is 7.32. The molecule has 0 aliphatic rings. The van der Waals surface area contributed by atoms with Crippen LogP contribution >= 0.6 is 27.5 Å². The molecule has 0 atom stereocenters. The van der Waals surface area contributed by atoms with Crippen molar-refractivity contribution in [2.24, 2.45) is 0 Å². The molecule has 4 heteroatoms. The number of hydrogen-bond acceptors (Lipinski definition) is 2. The fourth-order valence-electron chi connectivity index (χ4n) is 1.13. The first-order valence-corrected chi connectivity index (χ1v) is 6.89. The Morgan fingerprint density at radius 1 is 1.24 bits per heavy atom. The highest BCUT2D eigenvalue weighted by atomic mass is 79.9. The van der Waals surface area contributed by atoms with E-state index in [1.807, 2.05) is 32.9 Å². The summed E-state index contributed by atoms with van der Waals surface area (Å²) >= 11 is 9.44. The Bertz CT molecular complexity index is 329. The van der Waals surface area contributed by atoms with Crippen molar-refractivity contribution in [1.29, 1.82) is 0 Å². The zero-order valence-corrected chi connectivity index (χ0v) is 13.2. The summed E-state index contributed by atoms with van der Waals surface area (Å²) in [6.07, 6.45) is 0.863. The van der Waals surface area contributed by atoms with Crippen LogP contribution in [0.15, 0.2) is 16.6 Å². The molecule has 2 nitrogen and oxygen atoms in total. The van der Waals surface area contributed by atoms with Gasteiger partial charge in [-0.3, -0.25) is 0 Å². The predicted molar refractivity (Wildman–Crippen MR) is 77.2 cm³/mol. The number of methoxy groups -OCH3 is 1. The maximum atomic E-state index is 6.03. The Morgan fingerprint density at radius 2 is 1.88 bits per heavy atom. The highest BCUT2D eigenvalue weighted by Gasteiger charge is 2.04. The lowest BCUT2D eigenvalue weighted by Gasteiger charge is -2.09. The van der Waals surface area contributed by atoms with E-state index in [2.05, 4.69) is 15.9 Å². The summed E-state index contributed by atoms with van der Waals surface area (Å²) in [7, 11) is 1.68. The molecule has 0 heterocycles. The van der Waals surface area contributed by atoms with Crippen molar-refractivity contribution in [2.45, 2.75) is 27.2 Å². The van der Waals surface area contributed by atoms with Crippen molar-refractivity contribution in [3.8, 4) is 5.75 Å². The number of aryl methyl sites for hydroxylation is 1. The van der Waals surface area contributed by atoms with Gasteiger partial charge in [0.05, 0.1) is 11.6 Å². The normalized spacial score (nSPS) is 9.53. The quantitative estimate of drug-likeness (QED) is 0.721. The van der Waals surface area contributed by atoms with E-state index in [0.29, 0.717) is 18.2 Å². The van der Waals surface area contributed by atoms with Gasteiger partial charge in [0, 0.05) is 24.6 Å². The van der Waals surface area contributed by atoms with E-state index >= 15 is 0 Å². The second-order valence-corrected chi connectivity index (χ2v) is 4.49. The van der Waals surface area contributed by atoms with Crippen LogP contribution in [0, 0.1) is 6.92 Å². The van der Waals surface area contributed by atoms with Crippen LogP contribution in [-0.2, 0) is 4.74 Å². The van der Waals surface area contributed by atoms with E-state index in [1.54, 1.807) is 7.11 Å². The van der Waals surface area contributed by atoms with E-state index in [4.69, 9.17) is 21.1 Å². The van der Waals surface area contributed by atoms with Gasteiger partial charge in [-0.1, -0.05) is 41.4 Å². The summed E-state index contributed by atoms with van der Waals surface area (Å²) < 4.78 is 11.5. The largest absolute Gasteiger partial charge is 0.492 e. The monoisotopic (exact) mass is 322 g/mol. The lowest BCUT2D eigenvalue weighted by molar-refractivity contribution is 0.172. The molecule has 0 N–H and O–H groups in total. The zero-order chi connectivity index (χ0) is 13.3. The van der Waals surface area contributed by atoms with Crippen LogP contribution < -0.4 is 4.74 Å². The minimum atomic E-state index is 0.620. The standard InChI is InChI=1S/C11H14BrClO2.C2H6/c1-8-6-11(10(13)7-9(8)12)15-5-3-4-14-2;1-2/h6-7H,3-5H2,1-2H3;1-2H3.